The second-order valence-electron chi connectivity index (χ2n) is 6.08. The molecule has 1 unspecified atom stereocenters. The number of nitrogens with zero attached hydrogens (tertiary/aromatic N) is 1. The highest BCUT2D eigenvalue weighted by atomic mass is 16.7. The van der Waals surface area contributed by atoms with Crippen molar-refractivity contribution in [2.45, 2.75) is 25.9 Å². The quantitative estimate of drug-likeness (QED) is 0.442. The molecule has 1 aliphatic rings. The van der Waals surface area contributed by atoms with Crippen LogP contribution in [0.25, 0.3) is 0 Å². The number of fused-ring (bicyclic) bond motifs is 1. The van der Waals surface area contributed by atoms with Gasteiger partial charge in [0.25, 0.3) is 11.6 Å². The van der Waals surface area contributed by atoms with Crippen LogP contribution in [-0.2, 0) is 20.7 Å². The number of nitro groups is 1. The van der Waals surface area contributed by atoms with Gasteiger partial charge in [0.2, 0.25) is 6.79 Å². The lowest BCUT2D eigenvalue weighted by atomic mass is 10.1. The number of aryl methyl sites for hydroxylation is 1. The van der Waals surface area contributed by atoms with E-state index in [1.165, 1.54) is 25.1 Å². The average molecular weight is 386 g/mol. The Balaban J connectivity index is 1.51. The minimum atomic E-state index is -1.09. The van der Waals surface area contributed by atoms with E-state index in [4.69, 9.17) is 14.2 Å². The summed E-state index contributed by atoms with van der Waals surface area (Å²) in [6, 6.07) is 11.1. The maximum absolute atomic E-state index is 12.2. The molecule has 0 radical (unpaired) electrons. The SMILES string of the molecule is CC(OC(=O)CCc1ccc2c(c1)OCO2)C(=O)Nc1ccccc1[N+](=O)[O-]. The fourth-order valence-corrected chi connectivity index (χ4v) is 2.63. The lowest BCUT2D eigenvalue weighted by molar-refractivity contribution is -0.383. The highest BCUT2D eigenvalue weighted by Crippen LogP contribution is 2.32. The standard InChI is InChI=1S/C19H18N2O7/c1-12(19(23)20-14-4-2-3-5-15(14)21(24)25)28-18(22)9-7-13-6-8-16-17(10-13)27-11-26-16/h2-6,8,10,12H,7,9,11H2,1H3,(H,20,23). The van der Waals surface area contributed by atoms with Crippen molar-refractivity contribution in [2.24, 2.45) is 0 Å². The van der Waals surface area contributed by atoms with Crippen LogP contribution in [0.3, 0.4) is 0 Å². The van der Waals surface area contributed by atoms with E-state index < -0.39 is 22.9 Å². The third kappa shape index (κ3) is 4.56. The van der Waals surface area contributed by atoms with E-state index in [0.29, 0.717) is 17.9 Å². The van der Waals surface area contributed by atoms with Crippen molar-refractivity contribution >= 4 is 23.3 Å². The van der Waals surface area contributed by atoms with Crippen molar-refractivity contribution in [3.8, 4) is 11.5 Å². The normalized spacial score (nSPS) is 12.9. The summed E-state index contributed by atoms with van der Waals surface area (Å²) in [5.74, 6) is 0.0864. The molecule has 0 aromatic heterocycles. The van der Waals surface area contributed by atoms with Gasteiger partial charge in [0.1, 0.15) is 5.69 Å². The van der Waals surface area contributed by atoms with Crippen LogP contribution in [0.2, 0.25) is 0 Å². The zero-order valence-electron chi connectivity index (χ0n) is 15.0. The third-order valence-corrected chi connectivity index (χ3v) is 4.09. The van der Waals surface area contributed by atoms with Crippen molar-refractivity contribution in [1.82, 2.24) is 0 Å². The van der Waals surface area contributed by atoms with E-state index in [9.17, 15) is 19.7 Å². The summed E-state index contributed by atoms with van der Waals surface area (Å²) in [5, 5.41) is 13.4. The van der Waals surface area contributed by atoms with Gasteiger partial charge in [0.15, 0.2) is 17.6 Å². The van der Waals surface area contributed by atoms with Crippen molar-refractivity contribution < 1.29 is 28.7 Å². The molecule has 1 amide bonds. The zero-order valence-corrected chi connectivity index (χ0v) is 15.0. The second-order valence-corrected chi connectivity index (χ2v) is 6.08. The maximum Gasteiger partial charge on any atom is 0.306 e. The number of carbonyl (C=O) groups is 2. The number of ether oxygens (including phenoxy) is 3. The van der Waals surface area contributed by atoms with Crippen LogP contribution in [0.15, 0.2) is 42.5 Å². The molecule has 0 saturated heterocycles. The van der Waals surface area contributed by atoms with Crippen LogP contribution in [0, 0.1) is 10.1 Å². The van der Waals surface area contributed by atoms with Crippen LogP contribution in [0.5, 0.6) is 11.5 Å². The first kappa shape index (κ1) is 19.2. The first-order chi connectivity index (χ1) is 13.4. The number of para-hydroxylation sites is 2. The second kappa shape index (κ2) is 8.38. The number of esters is 1. The molecule has 0 spiro atoms. The lowest BCUT2D eigenvalue weighted by Gasteiger charge is -2.13. The Bertz CT molecular complexity index is 913. The summed E-state index contributed by atoms with van der Waals surface area (Å²) < 4.78 is 15.6. The molecule has 146 valence electrons. The van der Waals surface area contributed by atoms with Crippen LogP contribution < -0.4 is 14.8 Å². The molecule has 1 N–H and O–H groups in total. The number of carbonyl (C=O) groups excluding carboxylic acids is 2. The number of hydrogen-bond acceptors (Lipinski definition) is 7. The molecule has 0 bridgehead atoms. The molecule has 2 aromatic rings. The maximum atomic E-state index is 12.2. The van der Waals surface area contributed by atoms with Gasteiger partial charge in [0.05, 0.1) is 4.92 Å². The predicted molar refractivity (Wildman–Crippen MR) is 98.2 cm³/mol. The highest BCUT2D eigenvalue weighted by molar-refractivity contribution is 5.96. The summed E-state index contributed by atoms with van der Waals surface area (Å²) in [6.07, 6.45) is -0.611. The third-order valence-electron chi connectivity index (χ3n) is 4.09. The van der Waals surface area contributed by atoms with Crippen molar-refractivity contribution in [3.63, 3.8) is 0 Å². The van der Waals surface area contributed by atoms with Crippen LogP contribution in [-0.4, -0.2) is 29.7 Å². The molecule has 9 nitrogen and oxygen atoms in total. The fraction of sp³-hybridized carbons (Fsp3) is 0.263. The van der Waals surface area contributed by atoms with Crippen LogP contribution >= 0.6 is 0 Å². The van der Waals surface area contributed by atoms with Crippen molar-refractivity contribution in [1.29, 1.82) is 0 Å². The van der Waals surface area contributed by atoms with E-state index >= 15 is 0 Å². The predicted octanol–water partition coefficient (Wildman–Crippen LogP) is 2.83. The van der Waals surface area contributed by atoms with E-state index in [2.05, 4.69) is 5.32 Å². The van der Waals surface area contributed by atoms with Gasteiger partial charge in [-0.25, -0.2) is 0 Å². The van der Waals surface area contributed by atoms with E-state index in [0.717, 1.165) is 5.56 Å². The minimum absolute atomic E-state index is 0.0424. The summed E-state index contributed by atoms with van der Waals surface area (Å²) in [4.78, 5) is 34.6. The average Bonchev–Trinajstić information content (AvgIpc) is 3.14. The van der Waals surface area contributed by atoms with Crippen LogP contribution in [0.4, 0.5) is 11.4 Å². The number of hydrogen-bond donors (Lipinski definition) is 1. The van der Waals surface area contributed by atoms with Gasteiger partial charge in [-0.1, -0.05) is 18.2 Å². The molecule has 0 fully saturated rings. The highest BCUT2D eigenvalue weighted by Gasteiger charge is 2.21. The topological polar surface area (TPSA) is 117 Å². The Morgan fingerprint density at radius 1 is 1.21 bits per heavy atom. The largest absolute Gasteiger partial charge is 0.454 e. The Hall–Kier alpha value is -3.62. The molecule has 2 aromatic carbocycles. The van der Waals surface area contributed by atoms with Gasteiger partial charge in [-0.3, -0.25) is 19.7 Å². The summed E-state index contributed by atoms with van der Waals surface area (Å²) in [7, 11) is 0. The fourth-order valence-electron chi connectivity index (χ4n) is 2.63. The molecule has 0 saturated carbocycles. The summed E-state index contributed by atoms with van der Waals surface area (Å²) >= 11 is 0. The van der Waals surface area contributed by atoms with E-state index in [-0.39, 0.29) is 24.6 Å². The van der Waals surface area contributed by atoms with Gasteiger partial charge >= 0.3 is 5.97 Å². The molecule has 3 rings (SSSR count). The number of benzene rings is 2. The Labute approximate surface area is 160 Å². The van der Waals surface area contributed by atoms with E-state index in [1.54, 1.807) is 18.2 Å². The van der Waals surface area contributed by atoms with E-state index in [1.807, 2.05) is 6.07 Å². The summed E-state index contributed by atoms with van der Waals surface area (Å²) in [5.41, 5.74) is 0.677. The Kier molecular flexibility index (Phi) is 5.73. The van der Waals surface area contributed by atoms with Gasteiger partial charge in [-0.15, -0.1) is 0 Å². The molecule has 1 heterocycles. The number of rotatable bonds is 7. The molecular weight excluding hydrogens is 368 g/mol. The number of amides is 1. The van der Waals surface area contributed by atoms with Gasteiger partial charge in [-0.2, -0.15) is 0 Å². The lowest BCUT2D eigenvalue weighted by Crippen LogP contribution is -2.30. The number of nitro benzene ring substituents is 1. The van der Waals surface area contributed by atoms with Gasteiger partial charge < -0.3 is 19.5 Å². The zero-order chi connectivity index (χ0) is 20.1. The first-order valence-corrected chi connectivity index (χ1v) is 8.56. The smallest absolute Gasteiger partial charge is 0.306 e. The monoisotopic (exact) mass is 386 g/mol. The Morgan fingerprint density at radius 2 is 1.96 bits per heavy atom. The molecule has 28 heavy (non-hydrogen) atoms. The minimum Gasteiger partial charge on any atom is -0.454 e. The van der Waals surface area contributed by atoms with Gasteiger partial charge in [0, 0.05) is 12.5 Å². The molecule has 9 heteroatoms. The summed E-state index contributed by atoms with van der Waals surface area (Å²) in [6.45, 7) is 1.58. The number of anilines is 1. The van der Waals surface area contributed by atoms with Crippen LogP contribution in [0.1, 0.15) is 18.9 Å². The Morgan fingerprint density at radius 3 is 2.75 bits per heavy atom. The van der Waals surface area contributed by atoms with Crippen molar-refractivity contribution in [3.05, 3.63) is 58.1 Å². The van der Waals surface area contributed by atoms with Crippen molar-refractivity contribution in [2.75, 3.05) is 12.1 Å². The van der Waals surface area contributed by atoms with Gasteiger partial charge in [-0.05, 0) is 37.1 Å². The molecule has 1 aliphatic heterocycles. The number of nitrogens with one attached hydrogen (secondary N) is 1. The molecular formula is C19H18N2O7. The molecule has 1 atom stereocenters. The molecule has 0 aliphatic carbocycles. The first-order valence-electron chi connectivity index (χ1n) is 8.56.